The van der Waals surface area contributed by atoms with E-state index in [1.54, 1.807) is 18.2 Å². The standard InChI is InChI=1S/C29H30FNO4S/c1-19-4-2-3-5-24(19)27(33)29-28(25-11-6-21(32)16-26(25)36-29)35-23-9-7-22(8-10-23)34-15-14-31-13-12-20(17-30)18-31/h4-11,16,20,32H,2-3,12-15,17-18H2,1H3. The highest BCUT2D eigenvalue weighted by Crippen LogP contribution is 2.43. The number of alkyl halides is 1. The zero-order chi connectivity index (χ0) is 25.1. The molecule has 1 saturated heterocycles. The maximum Gasteiger partial charge on any atom is 0.206 e. The molecule has 0 spiro atoms. The van der Waals surface area contributed by atoms with Gasteiger partial charge in [-0.15, -0.1) is 11.3 Å². The van der Waals surface area contributed by atoms with E-state index in [0.29, 0.717) is 28.6 Å². The molecule has 7 heteroatoms. The zero-order valence-corrected chi connectivity index (χ0v) is 21.2. The number of ketones is 1. The van der Waals surface area contributed by atoms with Crippen LogP contribution in [-0.4, -0.2) is 48.7 Å². The Kier molecular flexibility index (Phi) is 7.39. The monoisotopic (exact) mass is 507 g/mol. The van der Waals surface area contributed by atoms with Gasteiger partial charge < -0.3 is 14.6 Å². The molecule has 2 aliphatic rings. The Bertz CT molecular complexity index is 1310. The Morgan fingerprint density at radius 3 is 2.67 bits per heavy atom. The molecule has 1 aliphatic heterocycles. The first-order chi connectivity index (χ1) is 17.5. The van der Waals surface area contributed by atoms with Crippen LogP contribution in [-0.2, 0) is 0 Å². The van der Waals surface area contributed by atoms with Crippen molar-refractivity contribution in [3.8, 4) is 23.0 Å². The summed E-state index contributed by atoms with van der Waals surface area (Å²) in [4.78, 5) is 16.3. The van der Waals surface area contributed by atoms with E-state index in [1.165, 1.54) is 11.3 Å². The average Bonchev–Trinajstić information content (AvgIpc) is 3.49. The number of fused-ring (bicyclic) bond motifs is 1. The number of thiophene rings is 1. The Morgan fingerprint density at radius 2 is 1.92 bits per heavy atom. The van der Waals surface area contributed by atoms with E-state index in [4.69, 9.17) is 9.47 Å². The third-order valence-corrected chi connectivity index (χ3v) is 7.91. The summed E-state index contributed by atoms with van der Waals surface area (Å²) in [6.45, 7) is 4.75. The molecule has 1 aliphatic carbocycles. The molecule has 36 heavy (non-hydrogen) atoms. The lowest BCUT2D eigenvalue weighted by Gasteiger charge is -2.16. The van der Waals surface area contributed by atoms with Crippen molar-refractivity contribution in [3.05, 3.63) is 70.6 Å². The molecule has 5 nitrogen and oxygen atoms in total. The molecular formula is C29H30FNO4S. The average molecular weight is 508 g/mol. The quantitative estimate of drug-likeness (QED) is 0.319. The molecule has 5 rings (SSSR count). The fourth-order valence-corrected chi connectivity index (χ4v) is 5.88. The summed E-state index contributed by atoms with van der Waals surface area (Å²) >= 11 is 1.33. The second-order valence-corrected chi connectivity index (χ2v) is 10.4. The number of rotatable bonds is 9. The van der Waals surface area contributed by atoms with Gasteiger partial charge in [-0.05, 0) is 80.8 Å². The van der Waals surface area contributed by atoms with Crippen LogP contribution in [0.5, 0.6) is 23.0 Å². The summed E-state index contributed by atoms with van der Waals surface area (Å²) in [6.07, 6.45) is 6.79. The van der Waals surface area contributed by atoms with Crippen molar-refractivity contribution in [3.63, 3.8) is 0 Å². The maximum atomic E-state index is 13.5. The van der Waals surface area contributed by atoms with Crippen LogP contribution in [0.2, 0.25) is 0 Å². The summed E-state index contributed by atoms with van der Waals surface area (Å²) in [5.74, 6) is 2.08. The Balaban J connectivity index is 1.31. The number of phenolic OH excluding ortho intramolecular Hbond substituents is 1. The second-order valence-electron chi connectivity index (χ2n) is 9.38. The van der Waals surface area contributed by atoms with Gasteiger partial charge in [0, 0.05) is 34.7 Å². The third kappa shape index (κ3) is 5.32. The van der Waals surface area contributed by atoms with Crippen molar-refractivity contribution in [1.29, 1.82) is 0 Å². The Hall–Kier alpha value is -3.16. The lowest BCUT2D eigenvalue weighted by Crippen LogP contribution is -2.26. The minimum absolute atomic E-state index is 0.0593. The summed E-state index contributed by atoms with van der Waals surface area (Å²) in [6, 6.07) is 12.4. The third-order valence-electron chi connectivity index (χ3n) is 6.78. The van der Waals surface area contributed by atoms with Crippen LogP contribution in [0.25, 0.3) is 10.1 Å². The molecule has 0 amide bonds. The predicted molar refractivity (Wildman–Crippen MR) is 141 cm³/mol. The SMILES string of the molecule is CC1=CCCC=C1C(=O)c1sc2cc(O)ccc2c1Oc1ccc(OCCN2CCC(CF)C2)cc1. The number of halogens is 1. The van der Waals surface area contributed by atoms with Gasteiger partial charge in [-0.25, -0.2) is 0 Å². The van der Waals surface area contributed by atoms with Crippen molar-refractivity contribution in [2.24, 2.45) is 5.92 Å². The first kappa shape index (κ1) is 24.5. The van der Waals surface area contributed by atoms with E-state index >= 15 is 0 Å². The van der Waals surface area contributed by atoms with Crippen molar-refractivity contribution in [1.82, 2.24) is 4.90 Å². The number of carbonyl (C=O) groups excluding carboxylic acids is 1. The van der Waals surface area contributed by atoms with Gasteiger partial charge >= 0.3 is 0 Å². The van der Waals surface area contributed by atoms with Crippen LogP contribution in [0, 0.1) is 5.92 Å². The smallest absolute Gasteiger partial charge is 0.206 e. The van der Waals surface area contributed by atoms with Gasteiger partial charge in [0.15, 0.2) is 5.75 Å². The van der Waals surface area contributed by atoms with Crippen LogP contribution in [0.3, 0.4) is 0 Å². The largest absolute Gasteiger partial charge is 0.508 e. The summed E-state index contributed by atoms with van der Waals surface area (Å²) in [7, 11) is 0. The number of allylic oxidation sites excluding steroid dienone is 4. The number of benzene rings is 2. The lowest BCUT2D eigenvalue weighted by molar-refractivity contribution is 0.103. The number of likely N-dealkylation sites (tertiary alicyclic amines) is 1. The fraction of sp³-hybridized carbons (Fsp3) is 0.345. The van der Waals surface area contributed by atoms with E-state index in [2.05, 4.69) is 11.0 Å². The molecule has 0 radical (unpaired) electrons. The van der Waals surface area contributed by atoms with Gasteiger partial charge in [0.25, 0.3) is 0 Å². The van der Waals surface area contributed by atoms with Gasteiger partial charge in [0.2, 0.25) is 5.78 Å². The van der Waals surface area contributed by atoms with Crippen molar-refractivity contribution >= 4 is 27.2 Å². The lowest BCUT2D eigenvalue weighted by atomic mass is 9.95. The number of ether oxygens (including phenoxy) is 2. The summed E-state index contributed by atoms with van der Waals surface area (Å²) in [5.41, 5.74) is 1.69. The first-order valence-corrected chi connectivity index (χ1v) is 13.2. The molecule has 1 fully saturated rings. The molecular weight excluding hydrogens is 477 g/mol. The molecule has 1 atom stereocenters. The van der Waals surface area contributed by atoms with Gasteiger partial charge in [0.05, 0.1) is 6.67 Å². The second kappa shape index (κ2) is 10.8. The van der Waals surface area contributed by atoms with Crippen LogP contribution in [0.15, 0.2) is 65.8 Å². The number of aromatic hydroxyl groups is 1. The minimum Gasteiger partial charge on any atom is -0.508 e. The number of hydrogen-bond donors (Lipinski definition) is 1. The van der Waals surface area contributed by atoms with E-state index in [0.717, 1.165) is 60.3 Å². The zero-order valence-electron chi connectivity index (χ0n) is 20.3. The van der Waals surface area contributed by atoms with Gasteiger partial charge in [-0.2, -0.15) is 0 Å². The number of Topliss-reactive ketones (excluding diaryl/α,β-unsaturated/α-hetero) is 1. The highest BCUT2D eigenvalue weighted by Gasteiger charge is 2.25. The van der Waals surface area contributed by atoms with Gasteiger partial charge in [0.1, 0.15) is 28.7 Å². The molecule has 2 heterocycles. The van der Waals surface area contributed by atoms with E-state index in [1.807, 2.05) is 37.3 Å². The van der Waals surface area contributed by atoms with Crippen LogP contribution in [0.4, 0.5) is 4.39 Å². The first-order valence-electron chi connectivity index (χ1n) is 12.4. The molecule has 1 unspecified atom stereocenters. The highest BCUT2D eigenvalue weighted by atomic mass is 32.1. The minimum atomic E-state index is -0.249. The van der Waals surface area contributed by atoms with Crippen molar-refractivity contribution in [2.45, 2.75) is 26.2 Å². The molecule has 3 aromatic rings. The van der Waals surface area contributed by atoms with Crippen molar-refractivity contribution in [2.75, 3.05) is 32.9 Å². The summed E-state index contributed by atoms with van der Waals surface area (Å²) < 4.78 is 25.8. The van der Waals surface area contributed by atoms with E-state index < -0.39 is 0 Å². The predicted octanol–water partition coefficient (Wildman–Crippen LogP) is 6.92. The molecule has 0 bridgehead atoms. The number of hydrogen-bond acceptors (Lipinski definition) is 6. The van der Waals surface area contributed by atoms with Gasteiger partial charge in [-0.1, -0.05) is 12.2 Å². The maximum absolute atomic E-state index is 13.5. The number of nitrogens with zero attached hydrogens (tertiary/aromatic N) is 1. The Morgan fingerprint density at radius 1 is 1.14 bits per heavy atom. The van der Waals surface area contributed by atoms with Crippen molar-refractivity contribution < 1.29 is 23.8 Å². The topological polar surface area (TPSA) is 59.0 Å². The molecule has 1 N–H and O–H groups in total. The van der Waals surface area contributed by atoms with Crippen LogP contribution in [0.1, 0.15) is 35.9 Å². The molecule has 188 valence electrons. The van der Waals surface area contributed by atoms with E-state index in [-0.39, 0.29) is 24.1 Å². The normalized spacial score (nSPS) is 18.2. The van der Waals surface area contributed by atoms with Gasteiger partial charge in [-0.3, -0.25) is 14.1 Å². The molecule has 2 aromatic carbocycles. The number of phenols is 1. The summed E-state index contributed by atoms with van der Waals surface area (Å²) in [5, 5.41) is 10.8. The van der Waals surface area contributed by atoms with Crippen LogP contribution < -0.4 is 9.47 Å². The molecule has 0 saturated carbocycles. The Labute approximate surface area is 214 Å². The highest BCUT2D eigenvalue weighted by molar-refractivity contribution is 7.21. The number of carbonyl (C=O) groups is 1. The molecule has 1 aromatic heterocycles. The van der Waals surface area contributed by atoms with E-state index in [9.17, 15) is 14.3 Å². The van der Waals surface area contributed by atoms with Crippen LogP contribution >= 0.6 is 11.3 Å². The fourth-order valence-electron chi connectivity index (χ4n) is 4.76.